The maximum atomic E-state index is 11.6. The summed E-state index contributed by atoms with van der Waals surface area (Å²) in [6, 6.07) is 11.0. The molecule has 2 aromatic heterocycles. The van der Waals surface area contributed by atoms with Crippen molar-refractivity contribution >= 4 is 16.9 Å². The van der Waals surface area contributed by atoms with Gasteiger partial charge in [0.1, 0.15) is 0 Å². The van der Waals surface area contributed by atoms with Crippen molar-refractivity contribution in [1.29, 1.82) is 0 Å². The molecule has 0 amide bonds. The van der Waals surface area contributed by atoms with E-state index in [4.69, 9.17) is 0 Å². The van der Waals surface area contributed by atoms with Crippen LogP contribution < -0.4 is 0 Å². The Kier molecular flexibility index (Phi) is 3.36. The molecule has 4 nitrogen and oxygen atoms in total. The Bertz CT molecular complexity index is 814. The van der Waals surface area contributed by atoms with Gasteiger partial charge in [-0.15, -0.1) is 0 Å². The summed E-state index contributed by atoms with van der Waals surface area (Å²) in [6.45, 7) is 2.04. The molecule has 1 aromatic carbocycles. The maximum absolute atomic E-state index is 11.6. The predicted octanol–water partition coefficient (Wildman–Crippen LogP) is 3.56. The third-order valence-electron chi connectivity index (χ3n) is 3.49. The first-order chi connectivity index (χ1) is 10.2. The first kappa shape index (κ1) is 13.2. The van der Waals surface area contributed by atoms with Gasteiger partial charge in [0.15, 0.2) is 0 Å². The molecule has 0 saturated carbocycles. The van der Waals surface area contributed by atoms with Crippen molar-refractivity contribution in [3.8, 4) is 11.3 Å². The van der Waals surface area contributed by atoms with E-state index in [1.54, 1.807) is 24.5 Å². The molecular formula is C17H14N2O2. The molecule has 0 aliphatic carbocycles. The summed E-state index contributed by atoms with van der Waals surface area (Å²) in [5.74, 6) is -0.944. The van der Waals surface area contributed by atoms with E-state index in [1.165, 1.54) is 0 Å². The van der Waals surface area contributed by atoms with Crippen LogP contribution in [0.1, 0.15) is 22.8 Å². The Hall–Kier alpha value is -2.75. The van der Waals surface area contributed by atoms with E-state index in [0.717, 1.165) is 23.1 Å². The lowest BCUT2D eigenvalue weighted by Gasteiger charge is -2.09. The zero-order valence-corrected chi connectivity index (χ0v) is 11.6. The number of carbonyl (C=O) groups is 1. The zero-order valence-electron chi connectivity index (χ0n) is 11.6. The van der Waals surface area contributed by atoms with Gasteiger partial charge in [0.25, 0.3) is 0 Å². The maximum Gasteiger partial charge on any atom is 0.336 e. The molecule has 4 heteroatoms. The molecule has 0 unspecified atom stereocenters. The topological polar surface area (TPSA) is 63.1 Å². The van der Waals surface area contributed by atoms with Gasteiger partial charge < -0.3 is 5.11 Å². The molecule has 21 heavy (non-hydrogen) atoms. The highest BCUT2D eigenvalue weighted by molar-refractivity contribution is 6.04. The van der Waals surface area contributed by atoms with Crippen LogP contribution in [0, 0.1) is 0 Å². The first-order valence-electron chi connectivity index (χ1n) is 6.77. The summed E-state index contributed by atoms with van der Waals surface area (Å²) in [5, 5.41) is 10.1. The highest BCUT2D eigenvalue weighted by Crippen LogP contribution is 2.26. The second kappa shape index (κ2) is 5.32. The number of aromatic carboxylic acids is 1. The minimum atomic E-state index is -0.944. The van der Waals surface area contributed by atoms with Gasteiger partial charge in [-0.2, -0.15) is 0 Å². The van der Waals surface area contributed by atoms with Gasteiger partial charge in [-0.1, -0.05) is 25.1 Å². The van der Waals surface area contributed by atoms with Crippen LogP contribution in [0.5, 0.6) is 0 Å². The Morgan fingerprint density at radius 1 is 1.24 bits per heavy atom. The number of rotatable bonds is 3. The van der Waals surface area contributed by atoms with Gasteiger partial charge in [0.05, 0.1) is 16.8 Å². The molecule has 0 spiro atoms. The second-order valence-corrected chi connectivity index (χ2v) is 4.77. The average Bonchev–Trinajstić information content (AvgIpc) is 2.53. The van der Waals surface area contributed by atoms with Crippen molar-refractivity contribution in [1.82, 2.24) is 9.97 Å². The van der Waals surface area contributed by atoms with Crippen molar-refractivity contribution in [3.05, 3.63) is 59.9 Å². The molecule has 3 aromatic rings. The molecule has 0 radical (unpaired) electrons. The molecular weight excluding hydrogens is 264 g/mol. The fourth-order valence-corrected chi connectivity index (χ4v) is 2.43. The predicted molar refractivity (Wildman–Crippen MR) is 81.3 cm³/mol. The standard InChI is InChI=1S/C17H14N2O2/c1-2-11-5-3-7-13-14(17(20)21)9-15(19-16(11)13)12-6-4-8-18-10-12/h3-10H,2H2,1H3,(H,20,21). The number of carboxylic acids is 1. The molecule has 0 aliphatic heterocycles. The SMILES string of the molecule is CCc1cccc2c(C(=O)O)cc(-c3cccnc3)nc12. The molecule has 0 fully saturated rings. The van der Waals surface area contributed by atoms with Crippen molar-refractivity contribution in [2.75, 3.05) is 0 Å². The quantitative estimate of drug-likeness (QED) is 0.795. The Balaban J connectivity index is 2.36. The van der Waals surface area contributed by atoms with E-state index in [9.17, 15) is 9.90 Å². The van der Waals surface area contributed by atoms with Crippen LogP contribution in [0.3, 0.4) is 0 Å². The Morgan fingerprint density at radius 3 is 2.76 bits per heavy atom. The highest BCUT2D eigenvalue weighted by atomic mass is 16.4. The van der Waals surface area contributed by atoms with Crippen LogP contribution in [-0.4, -0.2) is 21.0 Å². The van der Waals surface area contributed by atoms with E-state index < -0.39 is 5.97 Å². The molecule has 0 bridgehead atoms. The van der Waals surface area contributed by atoms with Crippen LogP contribution >= 0.6 is 0 Å². The van der Waals surface area contributed by atoms with Gasteiger partial charge in [0.2, 0.25) is 0 Å². The van der Waals surface area contributed by atoms with Crippen molar-refractivity contribution < 1.29 is 9.90 Å². The van der Waals surface area contributed by atoms with E-state index >= 15 is 0 Å². The van der Waals surface area contributed by atoms with Gasteiger partial charge >= 0.3 is 5.97 Å². The Labute approximate surface area is 122 Å². The third-order valence-corrected chi connectivity index (χ3v) is 3.49. The lowest BCUT2D eigenvalue weighted by atomic mass is 10.0. The molecule has 0 aliphatic rings. The zero-order chi connectivity index (χ0) is 14.8. The largest absolute Gasteiger partial charge is 0.478 e. The van der Waals surface area contributed by atoms with Crippen LogP contribution in [0.15, 0.2) is 48.8 Å². The number of aryl methyl sites for hydroxylation is 1. The fourth-order valence-electron chi connectivity index (χ4n) is 2.43. The van der Waals surface area contributed by atoms with Crippen molar-refractivity contribution in [3.63, 3.8) is 0 Å². The van der Waals surface area contributed by atoms with Crippen LogP contribution in [0.2, 0.25) is 0 Å². The number of carboxylic acid groups (broad SMARTS) is 1. The van der Waals surface area contributed by atoms with Gasteiger partial charge in [-0.3, -0.25) is 4.98 Å². The number of pyridine rings is 2. The van der Waals surface area contributed by atoms with Crippen LogP contribution in [0.4, 0.5) is 0 Å². The summed E-state index contributed by atoms with van der Waals surface area (Å²) in [5.41, 5.74) is 3.51. The van der Waals surface area contributed by atoms with Gasteiger partial charge in [-0.25, -0.2) is 9.78 Å². The number of benzene rings is 1. The summed E-state index contributed by atoms with van der Waals surface area (Å²) in [4.78, 5) is 20.3. The van der Waals surface area contributed by atoms with Crippen molar-refractivity contribution in [2.24, 2.45) is 0 Å². The number of para-hydroxylation sites is 1. The normalized spacial score (nSPS) is 10.7. The summed E-state index contributed by atoms with van der Waals surface area (Å²) in [7, 11) is 0. The minimum absolute atomic E-state index is 0.272. The van der Waals surface area contributed by atoms with E-state index in [1.807, 2.05) is 31.2 Å². The third kappa shape index (κ3) is 2.36. The van der Waals surface area contributed by atoms with Crippen molar-refractivity contribution in [2.45, 2.75) is 13.3 Å². The van der Waals surface area contributed by atoms with Crippen LogP contribution in [-0.2, 0) is 6.42 Å². The first-order valence-corrected chi connectivity index (χ1v) is 6.77. The van der Waals surface area contributed by atoms with Gasteiger partial charge in [-0.05, 0) is 30.2 Å². The minimum Gasteiger partial charge on any atom is -0.478 e. The van der Waals surface area contributed by atoms with E-state index in [2.05, 4.69) is 9.97 Å². The number of aromatic nitrogens is 2. The number of nitrogens with zero attached hydrogens (tertiary/aromatic N) is 2. The second-order valence-electron chi connectivity index (χ2n) is 4.77. The summed E-state index contributed by atoms with van der Waals surface area (Å²) in [6.07, 6.45) is 4.17. The molecule has 3 rings (SSSR count). The highest BCUT2D eigenvalue weighted by Gasteiger charge is 2.14. The summed E-state index contributed by atoms with van der Waals surface area (Å²) >= 11 is 0. The summed E-state index contributed by atoms with van der Waals surface area (Å²) < 4.78 is 0. The molecule has 0 atom stereocenters. The Morgan fingerprint density at radius 2 is 2.10 bits per heavy atom. The molecule has 2 heterocycles. The monoisotopic (exact) mass is 278 g/mol. The van der Waals surface area contributed by atoms with Crippen LogP contribution in [0.25, 0.3) is 22.2 Å². The van der Waals surface area contributed by atoms with E-state index in [0.29, 0.717) is 11.1 Å². The number of hydrogen-bond acceptors (Lipinski definition) is 3. The number of fused-ring (bicyclic) bond motifs is 1. The smallest absolute Gasteiger partial charge is 0.336 e. The lowest BCUT2D eigenvalue weighted by Crippen LogP contribution is -2.01. The lowest BCUT2D eigenvalue weighted by molar-refractivity contribution is 0.0699. The molecule has 1 N–H and O–H groups in total. The molecule has 0 saturated heterocycles. The average molecular weight is 278 g/mol. The fraction of sp³-hybridized carbons (Fsp3) is 0.118. The number of hydrogen-bond donors (Lipinski definition) is 1. The molecule has 104 valence electrons. The van der Waals surface area contributed by atoms with E-state index in [-0.39, 0.29) is 5.56 Å². The van der Waals surface area contributed by atoms with Gasteiger partial charge in [0, 0.05) is 23.3 Å².